The molecule has 5 nitrogen and oxygen atoms in total. The maximum atomic E-state index is 13.3. The Morgan fingerprint density at radius 3 is 2.73 bits per heavy atom. The Morgan fingerprint density at radius 1 is 1.20 bits per heavy atom. The molecule has 3 heterocycles. The lowest BCUT2D eigenvalue weighted by Crippen LogP contribution is -2.46. The molecule has 5 heteroatoms. The number of nitrogens with zero attached hydrogens (tertiary/aromatic N) is 1. The highest BCUT2D eigenvalue weighted by Crippen LogP contribution is 2.63. The molecule has 156 valence electrons. The lowest BCUT2D eigenvalue weighted by atomic mass is 10.0. The number of esters is 1. The number of nitrogens with one attached hydrogen (secondary N) is 1. The first-order chi connectivity index (χ1) is 14.6. The second kappa shape index (κ2) is 7.64. The summed E-state index contributed by atoms with van der Waals surface area (Å²) in [6.07, 6.45) is 10.0. The van der Waals surface area contributed by atoms with Gasteiger partial charge in [-0.25, -0.2) is 4.79 Å². The first-order valence-corrected chi connectivity index (χ1v) is 10.9. The van der Waals surface area contributed by atoms with Crippen LogP contribution in [0.4, 0.5) is 0 Å². The van der Waals surface area contributed by atoms with Crippen molar-refractivity contribution in [2.75, 3.05) is 26.2 Å². The van der Waals surface area contributed by atoms with E-state index in [1.54, 1.807) is 12.1 Å². The highest BCUT2D eigenvalue weighted by Gasteiger charge is 2.74. The van der Waals surface area contributed by atoms with Crippen molar-refractivity contribution >= 4 is 11.8 Å². The fourth-order valence-corrected chi connectivity index (χ4v) is 5.37. The van der Waals surface area contributed by atoms with Crippen molar-refractivity contribution in [3.05, 3.63) is 71.3 Å². The van der Waals surface area contributed by atoms with E-state index >= 15 is 0 Å². The van der Waals surface area contributed by atoms with Gasteiger partial charge in [0.15, 0.2) is 5.78 Å². The molecule has 1 aromatic rings. The second-order valence-electron chi connectivity index (χ2n) is 8.94. The summed E-state index contributed by atoms with van der Waals surface area (Å²) in [5, 5.41) is 3.20. The van der Waals surface area contributed by atoms with E-state index < -0.39 is 6.04 Å². The van der Waals surface area contributed by atoms with Gasteiger partial charge < -0.3 is 4.74 Å². The van der Waals surface area contributed by atoms with E-state index in [4.69, 9.17) is 4.74 Å². The molecule has 4 fully saturated rings. The Labute approximate surface area is 177 Å². The van der Waals surface area contributed by atoms with Crippen molar-refractivity contribution in [3.8, 4) is 0 Å². The maximum Gasteiger partial charge on any atom is 0.328 e. The number of allylic oxidation sites excluding steroid dienone is 4. The molecule has 5 aliphatic rings. The minimum atomic E-state index is -0.641. The van der Waals surface area contributed by atoms with E-state index in [2.05, 4.69) is 16.3 Å². The van der Waals surface area contributed by atoms with E-state index in [1.807, 2.05) is 43.4 Å². The zero-order valence-electron chi connectivity index (χ0n) is 17.3. The molecule has 5 atom stereocenters. The van der Waals surface area contributed by atoms with Gasteiger partial charge in [0, 0.05) is 30.5 Å². The van der Waals surface area contributed by atoms with Crippen molar-refractivity contribution < 1.29 is 14.3 Å². The molecule has 1 saturated carbocycles. The normalized spacial score (nSPS) is 32.0. The number of benzene rings is 1. The molecule has 2 aliphatic carbocycles. The van der Waals surface area contributed by atoms with Crippen LogP contribution in [0, 0.1) is 11.8 Å². The molecule has 3 saturated heterocycles. The average Bonchev–Trinajstić information content (AvgIpc) is 3.33. The minimum absolute atomic E-state index is 0.0330. The molecule has 30 heavy (non-hydrogen) atoms. The van der Waals surface area contributed by atoms with Crippen molar-refractivity contribution in [1.82, 2.24) is 10.2 Å². The van der Waals surface area contributed by atoms with Crippen LogP contribution in [-0.4, -0.2) is 54.5 Å². The molecule has 4 bridgehead atoms. The topological polar surface area (TPSA) is 58.6 Å². The first-order valence-electron chi connectivity index (χ1n) is 10.9. The largest absolute Gasteiger partial charge is 0.456 e. The second-order valence-corrected chi connectivity index (χ2v) is 8.94. The molecule has 1 aromatic carbocycles. The van der Waals surface area contributed by atoms with Gasteiger partial charge in [-0.15, -0.1) is 0 Å². The van der Waals surface area contributed by atoms with Gasteiger partial charge in [0.1, 0.15) is 11.6 Å². The Morgan fingerprint density at radius 2 is 2.03 bits per heavy atom. The summed E-state index contributed by atoms with van der Waals surface area (Å²) >= 11 is 0. The summed E-state index contributed by atoms with van der Waals surface area (Å²) in [6.45, 7) is 5.16. The van der Waals surface area contributed by atoms with Crippen LogP contribution < -0.4 is 5.32 Å². The molecule has 6 rings (SSSR count). The van der Waals surface area contributed by atoms with Crippen LogP contribution in [0.1, 0.15) is 30.1 Å². The highest BCUT2D eigenvalue weighted by molar-refractivity contribution is 5.98. The fourth-order valence-electron chi connectivity index (χ4n) is 5.37. The number of carbonyl (C=O) groups is 2. The number of ether oxygens (including phenoxy) is 1. The van der Waals surface area contributed by atoms with Gasteiger partial charge in [-0.05, 0) is 31.9 Å². The Hall–Kier alpha value is -2.50. The molecule has 0 aromatic heterocycles. The lowest BCUT2D eigenvalue weighted by Gasteiger charge is -2.30. The number of piperidine rings is 3. The smallest absolute Gasteiger partial charge is 0.328 e. The minimum Gasteiger partial charge on any atom is -0.456 e. The van der Waals surface area contributed by atoms with Gasteiger partial charge in [0.2, 0.25) is 0 Å². The number of hydrogen-bond donors (Lipinski definition) is 1. The number of carbonyl (C=O) groups excluding carboxylic acids is 2. The van der Waals surface area contributed by atoms with E-state index in [0.717, 1.165) is 43.6 Å². The summed E-state index contributed by atoms with van der Waals surface area (Å²) in [6, 6.07) is 8.54. The quantitative estimate of drug-likeness (QED) is 0.559. The summed E-state index contributed by atoms with van der Waals surface area (Å²) in [4.78, 5) is 28.4. The average molecular weight is 405 g/mol. The van der Waals surface area contributed by atoms with Gasteiger partial charge in [-0.1, -0.05) is 60.2 Å². The van der Waals surface area contributed by atoms with Crippen LogP contribution in [0.15, 0.2) is 65.8 Å². The lowest BCUT2D eigenvalue weighted by molar-refractivity contribution is -0.154. The van der Waals surface area contributed by atoms with Gasteiger partial charge in [-0.3, -0.25) is 15.0 Å². The molecule has 3 aliphatic heterocycles. The van der Waals surface area contributed by atoms with Crippen LogP contribution in [0.3, 0.4) is 0 Å². The maximum absolute atomic E-state index is 13.3. The molecular formula is C25H28N2O3. The third kappa shape index (κ3) is 3.46. The molecule has 1 N–H and O–H groups in total. The number of hydrogen-bond acceptors (Lipinski definition) is 5. The van der Waals surface area contributed by atoms with Crippen LogP contribution in [0.25, 0.3) is 0 Å². The molecule has 4 unspecified atom stereocenters. The predicted molar refractivity (Wildman–Crippen MR) is 115 cm³/mol. The van der Waals surface area contributed by atoms with E-state index in [1.165, 1.54) is 0 Å². The first kappa shape index (κ1) is 19.5. The monoisotopic (exact) mass is 404 g/mol. The van der Waals surface area contributed by atoms with Crippen LogP contribution in [0.5, 0.6) is 0 Å². The molecular weight excluding hydrogens is 376 g/mol. The SMILES string of the molecule is CC1=CCC=C(C(NCC(=O)c2ccccc2)C(=O)O[C@]23CN4CCC2C3C4)C=C1. The molecule has 0 spiro atoms. The van der Waals surface area contributed by atoms with Crippen molar-refractivity contribution in [2.45, 2.75) is 31.4 Å². The van der Waals surface area contributed by atoms with Crippen LogP contribution in [-0.2, 0) is 9.53 Å². The standard InChI is InChI=1S/C25H28N2O3/c1-17-6-5-9-19(11-10-17)23(26-14-22(28)18-7-3-2-4-8-18)24(29)30-25-16-27-13-12-20(25)21(25)15-27/h2-4,6-11,20-21,23,26H,5,12-16H2,1H3/t20?,21?,23?,25-/m1/s1. The van der Waals surface area contributed by atoms with Gasteiger partial charge in [0.05, 0.1) is 6.54 Å². The third-order valence-corrected chi connectivity index (χ3v) is 7.07. The number of ketones is 1. The molecule has 0 amide bonds. The van der Waals surface area contributed by atoms with E-state index in [9.17, 15) is 9.59 Å². The van der Waals surface area contributed by atoms with Gasteiger partial charge in [0.25, 0.3) is 0 Å². The van der Waals surface area contributed by atoms with Crippen molar-refractivity contribution in [3.63, 3.8) is 0 Å². The van der Waals surface area contributed by atoms with Crippen molar-refractivity contribution in [2.24, 2.45) is 11.8 Å². The fraction of sp³-hybridized carbons (Fsp3) is 0.440. The summed E-state index contributed by atoms with van der Waals surface area (Å²) < 4.78 is 6.18. The predicted octanol–water partition coefficient (Wildman–Crippen LogP) is 2.91. The van der Waals surface area contributed by atoms with Gasteiger partial charge >= 0.3 is 5.97 Å². The number of fused-ring (bicyclic) bond motifs is 1. The third-order valence-electron chi connectivity index (χ3n) is 7.07. The van der Waals surface area contributed by atoms with Gasteiger partial charge in [-0.2, -0.15) is 0 Å². The van der Waals surface area contributed by atoms with E-state index in [0.29, 0.717) is 17.4 Å². The van der Waals surface area contributed by atoms with Crippen LogP contribution in [0.2, 0.25) is 0 Å². The zero-order chi connectivity index (χ0) is 20.7. The summed E-state index contributed by atoms with van der Waals surface area (Å²) in [5.41, 5.74) is 2.38. The Bertz CT molecular complexity index is 942. The van der Waals surface area contributed by atoms with Crippen LogP contribution >= 0.6 is 0 Å². The highest BCUT2D eigenvalue weighted by atomic mass is 16.6. The molecule has 0 radical (unpaired) electrons. The number of rotatable bonds is 7. The van der Waals surface area contributed by atoms with Crippen molar-refractivity contribution in [1.29, 1.82) is 0 Å². The zero-order valence-corrected chi connectivity index (χ0v) is 17.3. The van der Waals surface area contributed by atoms with E-state index in [-0.39, 0.29) is 23.9 Å². The number of Topliss-reactive ketones (excluding diaryl/α,β-unsaturated/α-hetero) is 1. The Kier molecular flexibility index (Phi) is 4.95. The summed E-state index contributed by atoms with van der Waals surface area (Å²) in [7, 11) is 0. The Balaban J connectivity index is 1.32. The summed E-state index contributed by atoms with van der Waals surface area (Å²) in [5.74, 6) is 0.710.